The van der Waals surface area contributed by atoms with Crippen molar-refractivity contribution in [3.63, 3.8) is 0 Å². The minimum atomic E-state index is -0.857. The summed E-state index contributed by atoms with van der Waals surface area (Å²) in [7, 11) is 0. The summed E-state index contributed by atoms with van der Waals surface area (Å²) in [6.07, 6.45) is 0.619. The molecule has 1 amide bonds. The summed E-state index contributed by atoms with van der Waals surface area (Å²) in [5.74, 6) is 0.855. The molecule has 2 rings (SSSR count). The molecule has 1 unspecified atom stereocenters. The lowest BCUT2D eigenvalue weighted by atomic mass is 10.1. The number of hydrogen-bond acceptors (Lipinski definition) is 4. The van der Waals surface area contributed by atoms with E-state index in [2.05, 4.69) is 5.32 Å². The van der Waals surface area contributed by atoms with Crippen molar-refractivity contribution in [2.24, 2.45) is 0 Å². The first-order valence-electron chi connectivity index (χ1n) is 6.75. The summed E-state index contributed by atoms with van der Waals surface area (Å²) >= 11 is 0. The van der Waals surface area contributed by atoms with Crippen LogP contribution < -0.4 is 10.1 Å². The number of carbonyl (C=O) groups excluding carboxylic acids is 1. The summed E-state index contributed by atoms with van der Waals surface area (Å²) in [5.41, 5.74) is 1.97. The molecule has 5 nitrogen and oxygen atoms in total. The van der Waals surface area contributed by atoms with E-state index in [1.165, 1.54) is 6.26 Å². The van der Waals surface area contributed by atoms with Crippen LogP contribution in [0, 0.1) is 13.8 Å². The van der Waals surface area contributed by atoms with Gasteiger partial charge < -0.3 is 19.6 Å². The van der Waals surface area contributed by atoms with Gasteiger partial charge in [0.1, 0.15) is 17.6 Å². The molecule has 2 aromatic rings. The van der Waals surface area contributed by atoms with Crippen LogP contribution in [0.1, 0.15) is 23.0 Å². The normalized spacial score (nSPS) is 12.0. The number of furan rings is 1. The maximum absolute atomic E-state index is 11.7. The lowest BCUT2D eigenvalue weighted by Gasteiger charge is -2.13. The van der Waals surface area contributed by atoms with Gasteiger partial charge in [0, 0.05) is 0 Å². The summed E-state index contributed by atoms with van der Waals surface area (Å²) in [6, 6.07) is 9.15. The summed E-state index contributed by atoms with van der Waals surface area (Å²) in [6.45, 7) is 3.86. The highest BCUT2D eigenvalue weighted by Gasteiger charge is 2.12. The minimum Gasteiger partial charge on any atom is -0.483 e. The Bertz CT molecular complexity index is 572. The van der Waals surface area contributed by atoms with Crippen molar-refractivity contribution in [3.8, 4) is 5.75 Å². The van der Waals surface area contributed by atoms with E-state index in [0.29, 0.717) is 5.76 Å². The Morgan fingerprint density at radius 3 is 2.62 bits per heavy atom. The highest BCUT2D eigenvalue weighted by atomic mass is 16.5. The Morgan fingerprint density at radius 1 is 1.29 bits per heavy atom. The molecule has 0 aliphatic heterocycles. The Labute approximate surface area is 123 Å². The molecule has 0 aliphatic carbocycles. The maximum Gasteiger partial charge on any atom is 0.258 e. The molecule has 1 heterocycles. The van der Waals surface area contributed by atoms with Gasteiger partial charge in [-0.05, 0) is 37.1 Å². The standard InChI is InChI=1S/C16H19NO4/c1-11-5-3-6-12(2)16(11)21-10-15(19)17-9-13(18)14-7-4-8-20-14/h3-8,13,18H,9-10H2,1-2H3,(H,17,19). The molecule has 0 saturated carbocycles. The number of carbonyl (C=O) groups is 1. The Hall–Kier alpha value is -2.27. The zero-order valence-electron chi connectivity index (χ0n) is 12.1. The van der Waals surface area contributed by atoms with Crippen LogP contribution in [0.25, 0.3) is 0 Å². The summed E-state index contributed by atoms with van der Waals surface area (Å²) < 4.78 is 10.6. The lowest BCUT2D eigenvalue weighted by Crippen LogP contribution is -2.32. The smallest absolute Gasteiger partial charge is 0.258 e. The van der Waals surface area contributed by atoms with E-state index in [1.807, 2.05) is 32.0 Å². The number of benzene rings is 1. The molecule has 112 valence electrons. The minimum absolute atomic E-state index is 0.0858. The molecule has 1 aromatic carbocycles. The molecule has 21 heavy (non-hydrogen) atoms. The van der Waals surface area contributed by atoms with Crippen LogP contribution >= 0.6 is 0 Å². The molecule has 1 atom stereocenters. The largest absolute Gasteiger partial charge is 0.483 e. The number of rotatable bonds is 6. The number of amides is 1. The van der Waals surface area contributed by atoms with Gasteiger partial charge in [-0.15, -0.1) is 0 Å². The highest BCUT2D eigenvalue weighted by Crippen LogP contribution is 2.22. The number of aliphatic hydroxyl groups excluding tert-OH is 1. The number of ether oxygens (including phenoxy) is 1. The third-order valence-electron chi connectivity index (χ3n) is 3.12. The van der Waals surface area contributed by atoms with Gasteiger partial charge >= 0.3 is 0 Å². The summed E-state index contributed by atoms with van der Waals surface area (Å²) in [4.78, 5) is 11.7. The molecule has 0 fully saturated rings. The van der Waals surface area contributed by atoms with Gasteiger partial charge in [0.2, 0.25) is 0 Å². The maximum atomic E-state index is 11.7. The zero-order chi connectivity index (χ0) is 15.2. The number of nitrogens with one attached hydrogen (secondary N) is 1. The molecule has 0 radical (unpaired) electrons. The lowest BCUT2D eigenvalue weighted by molar-refractivity contribution is -0.123. The fourth-order valence-electron chi connectivity index (χ4n) is 2.01. The van der Waals surface area contributed by atoms with Crippen molar-refractivity contribution in [1.82, 2.24) is 5.32 Å². The molecule has 2 N–H and O–H groups in total. The van der Waals surface area contributed by atoms with Crippen LogP contribution in [0.15, 0.2) is 41.0 Å². The van der Waals surface area contributed by atoms with E-state index in [-0.39, 0.29) is 19.1 Å². The first kappa shape index (κ1) is 15.1. The van der Waals surface area contributed by atoms with Gasteiger partial charge in [-0.25, -0.2) is 0 Å². The van der Waals surface area contributed by atoms with Crippen molar-refractivity contribution < 1.29 is 19.1 Å². The second-order valence-corrected chi connectivity index (χ2v) is 4.84. The molecule has 0 aliphatic rings. The van der Waals surface area contributed by atoms with Crippen LogP contribution in [0.3, 0.4) is 0 Å². The average Bonchev–Trinajstić information content (AvgIpc) is 2.98. The van der Waals surface area contributed by atoms with Gasteiger partial charge in [-0.3, -0.25) is 4.79 Å². The topological polar surface area (TPSA) is 71.7 Å². The van der Waals surface area contributed by atoms with E-state index >= 15 is 0 Å². The van der Waals surface area contributed by atoms with Crippen LogP contribution in [0.4, 0.5) is 0 Å². The van der Waals surface area contributed by atoms with Crippen LogP contribution in [-0.4, -0.2) is 24.2 Å². The van der Waals surface area contributed by atoms with E-state index in [0.717, 1.165) is 16.9 Å². The predicted molar refractivity (Wildman–Crippen MR) is 78.1 cm³/mol. The quantitative estimate of drug-likeness (QED) is 0.854. The third-order valence-corrected chi connectivity index (χ3v) is 3.12. The number of hydrogen-bond donors (Lipinski definition) is 2. The van der Waals surface area contributed by atoms with Crippen LogP contribution in [-0.2, 0) is 4.79 Å². The molecule has 0 bridgehead atoms. The molecule has 5 heteroatoms. The third kappa shape index (κ3) is 4.10. The van der Waals surface area contributed by atoms with Crippen molar-refractivity contribution in [1.29, 1.82) is 0 Å². The molecule has 0 saturated heterocycles. The predicted octanol–water partition coefficient (Wildman–Crippen LogP) is 2.13. The summed E-state index contributed by atoms with van der Waals surface area (Å²) in [5, 5.41) is 12.4. The van der Waals surface area contributed by atoms with E-state index < -0.39 is 6.10 Å². The van der Waals surface area contributed by atoms with Crippen molar-refractivity contribution in [2.75, 3.05) is 13.2 Å². The van der Waals surface area contributed by atoms with E-state index in [4.69, 9.17) is 9.15 Å². The monoisotopic (exact) mass is 289 g/mol. The van der Waals surface area contributed by atoms with Crippen LogP contribution in [0.5, 0.6) is 5.75 Å². The average molecular weight is 289 g/mol. The van der Waals surface area contributed by atoms with Crippen molar-refractivity contribution in [3.05, 3.63) is 53.5 Å². The van der Waals surface area contributed by atoms with Gasteiger partial charge in [0.15, 0.2) is 6.61 Å². The van der Waals surface area contributed by atoms with Gasteiger partial charge in [0.05, 0.1) is 12.8 Å². The van der Waals surface area contributed by atoms with Crippen LogP contribution in [0.2, 0.25) is 0 Å². The zero-order valence-corrected chi connectivity index (χ0v) is 12.1. The van der Waals surface area contributed by atoms with Gasteiger partial charge in [-0.2, -0.15) is 0 Å². The molecular weight excluding hydrogens is 270 g/mol. The fourth-order valence-corrected chi connectivity index (χ4v) is 2.01. The van der Waals surface area contributed by atoms with Crippen molar-refractivity contribution in [2.45, 2.75) is 20.0 Å². The first-order valence-corrected chi connectivity index (χ1v) is 6.75. The highest BCUT2D eigenvalue weighted by molar-refractivity contribution is 5.77. The second-order valence-electron chi connectivity index (χ2n) is 4.84. The number of aryl methyl sites for hydroxylation is 2. The second kappa shape index (κ2) is 6.95. The SMILES string of the molecule is Cc1cccc(C)c1OCC(=O)NCC(O)c1ccco1. The molecule has 1 aromatic heterocycles. The van der Waals surface area contributed by atoms with Crippen molar-refractivity contribution >= 4 is 5.91 Å². The Balaban J connectivity index is 1.80. The molecular formula is C16H19NO4. The van der Waals surface area contributed by atoms with E-state index in [1.54, 1.807) is 12.1 Å². The van der Waals surface area contributed by atoms with E-state index in [9.17, 15) is 9.90 Å². The number of para-hydroxylation sites is 1. The Kier molecular flexibility index (Phi) is 5.00. The van der Waals surface area contributed by atoms with Gasteiger partial charge in [-0.1, -0.05) is 18.2 Å². The molecule has 0 spiro atoms. The van der Waals surface area contributed by atoms with Gasteiger partial charge in [0.25, 0.3) is 5.91 Å². The fraction of sp³-hybridized carbons (Fsp3) is 0.312. The number of aliphatic hydroxyl groups is 1. The Morgan fingerprint density at radius 2 is 2.00 bits per heavy atom. The first-order chi connectivity index (χ1) is 10.1.